The molecule has 0 N–H and O–H groups in total. The van der Waals surface area contributed by atoms with E-state index in [1.54, 1.807) is 0 Å². The average molecular weight is 414 g/mol. The summed E-state index contributed by atoms with van der Waals surface area (Å²) < 4.78 is 123. The molecule has 0 aliphatic heterocycles. The Morgan fingerprint density at radius 3 is 1.82 bits per heavy atom. The van der Waals surface area contributed by atoms with Gasteiger partial charge in [0.2, 0.25) is 0 Å². The molecule has 0 unspecified atom stereocenters. The van der Waals surface area contributed by atoms with E-state index in [4.69, 9.17) is 0 Å². The first-order valence-corrected chi connectivity index (χ1v) is 8.22. The second-order valence-electron chi connectivity index (χ2n) is 6.14. The van der Waals surface area contributed by atoms with Crippen LogP contribution in [0.3, 0.4) is 0 Å². The van der Waals surface area contributed by atoms with E-state index in [9.17, 15) is 39.5 Å². The number of hydrogen-bond donors (Lipinski definition) is 0. The minimum atomic E-state index is -6.37. The van der Waals surface area contributed by atoms with Crippen molar-refractivity contribution in [3.63, 3.8) is 0 Å². The number of halogens is 9. The first kappa shape index (κ1) is 22.1. The van der Waals surface area contributed by atoms with Gasteiger partial charge >= 0.3 is 18.0 Å². The van der Waals surface area contributed by atoms with Gasteiger partial charge < -0.3 is 0 Å². The number of aryl methyl sites for hydroxylation is 2. The van der Waals surface area contributed by atoms with Gasteiger partial charge in [0.05, 0.1) is 0 Å². The Kier molecular flexibility index (Phi) is 5.78. The predicted molar refractivity (Wildman–Crippen MR) is 85.4 cm³/mol. The molecule has 0 spiro atoms. The molecule has 2 aromatic rings. The fraction of sp³-hybridized carbons (Fsp3) is 0.368. The lowest BCUT2D eigenvalue weighted by Gasteiger charge is -2.33. The van der Waals surface area contributed by atoms with Crippen molar-refractivity contribution in [2.75, 3.05) is 0 Å². The van der Waals surface area contributed by atoms with E-state index in [1.807, 2.05) is 0 Å². The summed E-state index contributed by atoms with van der Waals surface area (Å²) >= 11 is 0. The largest absolute Gasteiger partial charge is 0.435 e. The molecular formula is C19H15F9. The van der Waals surface area contributed by atoms with E-state index in [-0.39, 0.29) is 24.0 Å². The first-order chi connectivity index (χ1) is 12.8. The molecule has 0 heterocycles. The highest BCUT2D eigenvalue weighted by Crippen LogP contribution is 2.56. The number of benzene rings is 2. The Hall–Kier alpha value is -2.19. The maximum absolute atomic E-state index is 14.9. The highest BCUT2D eigenvalue weighted by atomic mass is 19.4. The molecule has 0 aromatic heterocycles. The second kappa shape index (κ2) is 7.33. The van der Waals surface area contributed by atoms with Crippen molar-refractivity contribution in [2.45, 2.75) is 44.7 Å². The molecule has 2 rings (SSSR count). The van der Waals surface area contributed by atoms with Gasteiger partial charge in [-0.3, -0.25) is 0 Å². The van der Waals surface area contributed by atoms with Crippen LogP contribution in [0.5, 0.6) is 0 Å². The fourth-order valence-corrected chi connectivity index (χ4v) is 3.00. The van der Waals surface area contributed by atoms with Gasteiger partial charge in [-0.2, -0.15) is 26.3 Å². The Morgan fingerprint density at radius 1 is 0.786 bits per heavy atom. The zero-order chi connectivity index (χ0) is 21.5. The Labute approximate surface area is 155 Å². The minimum absolute atomic E-state index is 0.00272. The highest BCUT2D eigenvalue weighted by Gasteiger charge is 2.74. The minimum Gasteiger partial charge on any atom is -0.218 e. The lowest BCUT2D eigenvalue weighted by atomic mass is 9.82. The van der Waals surface area contributed by atoms with Gasteiger partial charge in [-0.25, -0.2) is 13.2 Å². The molecular weight excluding hydrogens is 399 g/mol. The molecule has 0 atom stereocenters. The third-order valence-corrected chi connectivity index (χ3v) is 4.44. The van der Waals surface area contributed by atoms with Gasteiger partial charge in [-0.15, -0.1) is 0 Å². The zero-order valence-corrected chi connectivity index (χ0v) is 14.7. The highest BCUT2D eigenvalue weighted by molar-refractivity contribution is 5.74. The van der Waals surface area contributed by atoms with Crippen LogP contribution in [0.25, 0.3) is 11.1 Å². The number of hydrogen-bond acceptors (Lipinski definition) is 0. The van der Waals surface area contributed by atoms with Crippen molar-refractivity contribution in [1.29, 1.82) is 0 Å². The Balaban J connectivity index is 3.07. The third kappa shape index (κ3) is 3.46. The molecule has 0 saturated carbocycles. The van der Waals surface area contributed by atoms with E-state index >= 15 is 0 Å². The van der Waals surface area contributed by atoms with Crippen molar-refractivity contribution in [3.8, 4) is 11.1 Å². The monoisotopic (exact) mass is 414 g/mol. The topological polar surface area (TPSA) is 0 Å². The van der Waals surface area contributed by atoms with Crippen LogP contribution in [0.15, 0.2) is 30.3 Å². The van der Waals surface area contributed by atoms with E-state index in [0.29, 0.717) is 12.1 Å². The summed E-state index contributed by atoms with van der Waals surface area (Å²) in [6.07, 6.45) is -12.9. The molecule has 28 heavy (non-hydrogen) atoms. The van der Waals surface area contributed by atoms with Crippen LogP contribution in [0.4, 0.5) is 39.5 Å². The maximum Gasteiger partial charge on any atom is 0.435 e. The van der Waals surface area contributed by atoms with Crippen LogP contribution < -0.4 is 0 Å². The van der Waals surface area contributed by atoms with Gasteiger partial charge in [-0.1, -0.05) is 38.1 Å². The molecule has 0 fully saturated rings. The standard InChI is InChI=1S/C19H15F9/c1-3-10-8-11(4-2)15(12-6-5-7-14(20)16(12)21)13(9-10)17(22,18(23,24)25)19(26,27)28/h5-9H,3-4H2,1-2H3. The molecule has 0 aliphatic rings. The molecule has 0 nitrogen and oxygen atoms in total. The average Bonchev–Trinajstić information content (AvgIpc) is 2.60. The van der Waals surface area contributed by atoms with Crippen LogP contribution in [0.2, 0.25) is 0 Å². The van der Waals surface area contributed by atoms with Crippen molar-refractivity contribution < 1.29 is 39.5 Å². The second-order valence-corrected chi connectivity index (χ2v) is 6.14. The first-order valence-electron chi connectivity index (χ1n) is 8.22. The van der Waals surface area contributed by atoms with Crippen LogP contribution in [-0.4, -0.2) is 12.4 Å². The zero-order valence-electron chi connectivity index (χ0n) is 14.7. The molecule has 2 aromatic carbocycles. The summed E-state index contributed by atoms with van der Waals surface area (Å²) in [5.74, 6) is -3.14. The summed E-state index contributed by atoms with van der Waals surface area (Å²) in [5.41, 5.74) is -9.53. The summed E-state index contributed by atoms with van der Waals surface area (Å²) in [6, 6.07) is 4.07. The van der Waals surface area contributed by atoms with Gasteiger partial charge in [0, 0.05) is 11.1 Å². The van der Waals surface area contributed by atoms with Gasteiger partial charge in [0.1, 0.15) is 0 Å². The van der Waals surface area contributed by atoms with E-state index in [0.717, 1.165) is 12.1 Å². The quantitative estimate of drug-likeness (QED) is 0.471. The van der Waals surface area contributed by atoms with Crippen molar-refractivity contribution in [2.24, 2.45) is 0 Å². The van der Waals surface area contributed by atoms with Crippen molar-refractivity contribution >= 4 is 0 Å². The van der Waals surface area contributed by atoms with Gasteiger partial charge in [0.25, 0.3) is 0 Å². The number of alkyl halides is 7. The summed E-state index contributed by atoms with van der Waals surface area (Å²) in [7, 11) is 0. The van der Waals surface area contributed by atoms with Crippen LogP contribution in [0.1, 0.15) is 30.5 Å². The normalized spacial score (nSPS) is 13.1. The molecule has 0 amide bonds. The van der Waals surface area contributed by atoms with E-state index < -0.39 is 46.3 Å². The predicted octanol–water partition coefficient (Wildman–Crippen LogP) is 7.05. The van der Waals surface area contributed by atoms with Crippen LogP contribution in [0, 0.1) is 11.6 Å². The smallest absolute Gasteiger partial charge is 0.218 e. The SMILES string of the molecule is CCc1cc(CC)c(-c2cccc(F)c2F)c(C(F)(C(F)(F)F)C(F)(F)F)c1. The molecule has 9 heteroatoms. The van der Waals surface area contributed by atoms with E-state index in [1.165, 1.54) is 19.9 Å². The van der Waals surface area contributed by atoms with Gasteiger partial charge in [-0.05, 0) is 35.6 Å². The van der Waals surface area contributed by atoms with Crippen LogP contribution >= 0.6 is 0 Å². The van der Waals surface area contributed by atoms with Gasteiger partial charge in [0.15, 0.2) is 11.6 Å². The van der Waals surface area contributed by atoms with Crippen molar-refractivity contribution in [1.82, 2.24) is 0 Å². The van der Waals surface area contributed by atoms with Crippen LogP contribution in [-0.2, 0) is 18.5 Å². The lowest BCUT2D eigenvalue weighted by Crippen LogP contribution is -2.50. The summed E-state index contributed by atoms with van der Waals surface area (Å²) in [4.78, 5) is 0. The number of rotatable bonds is 4. The van der Waals surface area contributed by atoms with Crippen molar-refractivity contribution in [3.05, 3.63) is 58.7 Å². The third-order valence-electron chi connectivity index (χ3n) is 4.44. The summed E-state index contributed by atoms with van der Waals surface area (Å²) in [5, 5.41) is 0. The molecule has 0 aliphatic carbocycles. The Morgan fingerprint density at radius 2 is 1.36 bits per heavy atom. The Bertz CT molecular complexity index is 849. The molecule has 0 saturated heterocycles. The lowest BCUT2D eigenvalue weighted by molar-refractivity contribution is -0.348. The molecule has 0 bridgehead atoms. The maximum atomic E-state index is 14.9. The van der Waals surface area contributed by atoms with E-state index in [2.05, 4.69) is 0 Å². The fourth-order valence-electron chi connectivity index (χ4n) is 3.00. The molecule has 154 valence electrons. The summed E-state index contributed by atoms with van der Waals surface area (Å²) in [6.45, 7) is 2.86. The molecule has 0 radical (unpaired) electrons.